The molecule has 0 bridgehead atoms. The predicted molar refractivity (Wildman–Crippen MR) is 106 cm³/mol. The van der Waals surface area contributed by atoms with E-state index in [2.05, 4.69) is 10.6 Å². The average molecular weight is 398 g/mol. The number of carbonyl (C=O) groups is 3. The molecule has 6 nitrogen and oxygen atoms in total. The van der Waals surface area contributed by atoms with E-state index in [1.165, 1.54) is 23.3 Å². The fourth-order valence-electron chi connectivity index (χ4n) is 3.62. The van der Waals surface area contributed by atoms with E-state index >= 15 is 0 Å². The standard InChI is InChI=1S/C21H22N2O4S/c1-21(19(25)22-20(26)23-21)11-10-13-6-8-15(9-7-13)27-18(24)17-12-14-4-2-3-5-16(14)28-17/h6-9,12H,2-5,10-11H2,1H3,(H2,22,23,25,26)/t21-/m1/s1. The molecule has 0 radical (unpaired) electrons. The third kappa shape index (κ3) is 3.80. The Labute approximate surface area is 167 Å². The quantitative estimate of drug-likeness (QED) is 0.459. The second-order valence-corrected chi connectivity index (χ2v) is 8.68. The van der Waals surface area contributed by atoms with Crippen molar-refractivity contribution in [2.24, 2.45) is 0 Å². The van der Waals surface area contributed by atoms with Gasteiger partial charge >= 0.3 is 12.0 Å². The number of amides is 3. The van der Waals surface area contributed by atoms with E-state index in [1.54, 1.807) is 30.4 Å². The van der Waals surface area contributed by atoms with Gasteiger partial charge in [-0.3, -0.25) is 10.1 Å². The van der Waals surface area contributed by atoms with Gasteiger partial charge in [-0.25, -0.2) is 9.59 Å². The Morgan fingerprint density at radius 3 is 2.61 bits per heavy atom. The average Bonchev–Trinajstić information content (AvgIpc) is 3.22. The highest BCUT2D eigenvalue weighted by Gasteiger charge is 2.41. The van der Waals surface area contributed by atoms with Crippen LogP contribution in [-0.2, 0) is 24.1 Å². The third-order valence-electron chi connectivity index (χ3n) is 5.36. The lowest BCUT2D eigenvalue weighted by Gasteiger charge is -2.20. The van der Waals surface area contributed by atoms with E-state index < -0.39 is 11.6 Å². The number of carbonyl (C=O) groups excluding carboxylic acids is 3. The first kappa shape index (κ1) is 18.7. The molecule has 2 aliphatic rings. The molecule has 7 heteroatoms. The van der Waals surface area contributed by atoms with Crippen LogP contribution < -0.4 is 15.4 Å². The Bertz CT molecular complexity index is 911. The van der Waals surface area contributed by atoms with Crippen molar-refractivity contribution >= 4 is 29.2 Å². The van der Waals surface area contributed by atoms with E-state index in [0.717, 1.165) is 18.4 Å². The lowest BCUT2D eigenvalue weighted by atomic mass is 9.93. The number of fused-ring (bicyclic) bond motifs is 1. The molecule has 2 N–H and O–H groups in total. The fraction of sp³-hybridized carbons (Fsp3) is 0.381. The van der Waals surface area contributed by atoms with Crippen LogP contribution >= 0.6 is 11.3 Å². The highest BCUT2D eigenvalue weighted by atomic mass is 32.1. The number of thiophene rings is 1. The predicted octanol–water partition coefficient (Wildman–Crippen LogP) is 3.38. The highest BCUT2D eigenvalue weighted by molar-refractivity contribution is 7.14. The summed E-state index contributed by atoms with van der Waals surface area (Å²) >= 11 is 1.54. The maximum Gasteiger partial charge on any atom is 0.353 e. The molecule has 2 aromatic rings. The van der Waals surface area contributed by atoms with Gasteiger partial charge in [0.05, 0.1) is 0 Å². The van der Waals surface area contributed by atoms with Gasteiger partial charge in [-0.05, 0) is 74.8 Å². The second-order valence-electron chi connectivity index (χ2n) is 7.54. The third-order valence-corrected chi connectivity index (χ3v) is 6.58. The first-order valence-corrected chi connectivity index (χ1v) is 10.3. The largest absolute Gasteiger partial charge is 0.422 e. The van der Waals surface area contributed by atoms with Gasteiger partial charge in [0.25, 0.3) is 5.91 Å². The van der Waals surface area contributed by atoms with E-state index in [-0.39, 0.29) is 11.9 Å². The highest BCUT2D eigenvalue weighted by Crippen LogP contribution is 2.30. The Morgan fingerprint density at radius 1 is 1.18 bits per heavy atom. The van der Waals surface area contributed by atoms with Crippen LogP contribution in [0.3, 0.4) is 0 Å². The molecule has 1 aliphatic carbocycles. The zero-order valence-electron chi connectivity index (χ0n) is 15.7. The van der Waals surface area contributed by atoms with E-state index in [1.807, 2.05) is 18.2 Å². The molecule has 0 spiro atoms. The van der Waals surface area contributed by atoms with Gasteiger partial charge < -0.3 is 10.1 Å². The van der Waals surface area contributed by atoms with Crippen molar-refractivity contribution in [3.05, 3.63) is 51.2 Å². The molecule has 28 heavy (non-hydrogen) atoms. The molecule has 1 aliphatic heterocycles. The fourth-order valence-corrected chi connectivity index (χ4v) is 4.75. The van der Waals surface area contributed by atoms with Gasteiger partial charge in [0, 0.05) is 4.88 Å². The first-order chi connectivity index (χ1) is 13.4. The number of imide groups is 1. The molecular formula is C21H22N2O4S. The number of benzene rings is 1. The molecule has 1 aromatic heterocycles. The molecule has 146 valence electrons. The first-order valence-electron chi connectivity index (χ1n) is 9.49. The zero-order valence-corrected chi connectivity index (χ0v) is 16.5. The van der Waals surface area contributed by atoms with Crippen LogP contribution in [-0.4, -0.2) is 23.4 Å². The topological polar surface area (TPSA) is 84.5 Å². The Hall–Kier alpha value is -2.67. The van der Waals surface area contributed by atoms with Crippen LogP contribution in [0.4, 0.5) is 4.79 Å². The molecule has 2 heterocycles. The maximum absolute atomic E-state index is 12.4. The van der Waals surface area contributed by atoms with Crippen molar-refractivity contribution in [3.8, 4) is 5.75 Å². The molecule has 1 atom stereocenters. The minimum absolute atomic E-state index is 0.304. The Morgan fingerprint density at radius 2 is 1.93 bits per heavy atom. The summed E-state index contributed by atoms with van der Waals surface area (Å²) in [7, 11) is 0. The number of esters is 1. The molecule has 1 aromatic carbocycles. The van der Waals surface area contributed by atoms with Gasteiger partial charge in [-0.15, -0.1) is 11.3 Å². The molecule has 4 rings (SSSR count). The van der Waals surface area contributed by atoms with Crippen LogP contribution in [0.25, 0.3) is 0 Å². The molecule has 1 saturated heterocycles. The smallest absolute Gasteiger partial charge is 0.353 e. The molecule has 3 amide bonds. The van der Waals surface area contributed by atoms with Crippen molar-refractivity contribution < 1.29 is 19.1 Å². The number of hydrogen-bond acceptors (Lipinski definition) is 5. The maximum atomic E-state index is 12.4. The van der Waals surface area contributed by atoms with Crippen LogP contribution in [0.15, 0.2) is 30.3 Å². The van der Waals surface area contributed by atoms with Gasteiger partial charge in [0.1, 0.15) is 16.2 Å². The molecule has 1 fully saturated rings. The van der Waals surface area contributed by atoms with Crippen molar-refractivity contribution in [1.82, 2.24) is 10.6 Å². The zero-order chi connectivity index (χ0) is 19.7. The van der Waals surface area contributed by atoms with E-state index in [4.69, 9.17) is 4.74 Å². The normalized spacial score (nSPS) is 21.0. The van der Waals surface area contributed by atoms with E-state index in [0.29, 0.717) is 23.5 Å². The molecule has 0 unspecified atom stereocenters. The van der Waals surface area contributed by atoms with Gasteiger partial charge in [-0.2, -0.15) is 0 Å². The SMILES string of the molecule is C[C@]1(CCc2ccc(OC(=O)c3cc4c(s3)CCCC4)cc2)NC(=O)NC1=O. The summed E-state index contributed by atoms with van der Waals surface area (Å²) in [5.41, 5.74) is 1.40. The number of nitrogens with one attached hydrogen (secondary N) is 2. The monoisotopic (exact) mass is 398 g/mol. The van der Waals surface area contributed by atoms with E-state index in [9.17, 15) is 14.4 Å². The number of hydrogen-bond donors (Lipinski definition) is 2. The number of urea groups is 1. The Kier molecular flexibility index (Phi) is 4.93. The number of aryl methyl sites for hydroxylation is 3. The van der Waals surface area contributed by atoms with Crippen LogP contribution in [0.5, 0.6) is 5.75 Å². The van der Waals surface area contributed by atoms with Gasteiger partial charge in [0.2, 0.25) is 0 Å². The van der Waals surface area contributed by atoms with Gasteiger partial charge in [-0.1, -0.05) is 12.1 Å². The molecule has 0 saturated carbocycles. The van der Waals surface area contributed by atoms with Crippen LogP contribution in [0, 0.1) is 0 Å². The van der Waals surface area contributed by atoms with Crippen molar-refractivity contribution in [2.75, 3.05) is 0 Å². The Balaban J connectivity index is 1.35. The number of rotatable bonds is 5. The summed E-state index contributed by atoms with van der Waals surface area (Å²) in [6.07, 6.45) is 5.59. The summed E-state index contributed by atoms with van der Waals surface area (Å²) in [5.74, 6) is -0.120. The second kappa shape index (κ2) is 7.39. The summed E-state index contributed by atoms with van der Waals surface area (Å²) in [6, 6.07) is 8.79. The van der Waals surface area contributed by atoms with Crippen molar-refractivity contribution in [3.63, 3.8) is 0 Å². The minimum atomic E-state index is -0.888. The van der Waals surface area contributed by atoms with Crippen LogP contribution in [0.2, 0.25) is 0 Å². The number of ether oxygens (including phenoxy) is 1. The van der Waals surface area contributed by atoms with Crippen LogP contribution in [0.1, 0.15) is 51.9 Å². The lowest BCUT2D eigenvalue weighted by molar-refractivity contribution is -0.123. The lowest BCUT2D eigenvalue weighted by Crippen LogP contribution is -2.43. The minimum Gasteiger partial charge on any atom is -0.422 e. The summed E-state index contributed by atoms with van der Waals surface area (Å²) in [5, 5.41) is 4.92. The summed E-state index contributed by atoms with van der Waals surface area (Å²) < 4.78 is 5.51. The molecular weight excluding hydrogens is 376 g/mol. The van der Waals surface area contributed by atoms with Crippen molar-refractivity contribution in [1.29, 1.82) is 0 Å². The van der Waals surface area contributed by atoms with Gasteiger partial charge in [0.15, 0.2) is 0 Å². The summed E-state index contributed by atoms with van der Waals surface area (Å²) in [6.45, 7) is 1.71. The van der Waals surface area contributed by atoms with Crippen molar-refractivity contribution in [2.45, 2.75) is 51.0 Å². The summed E-state index contributed by atoms with van der Waals surface area (Å²) in [4.78, 5) is 37.6.